The highest BCUT2D eigenvalue weighted by Crippen LogP contribution is 2.15. The molecule has 2 aromatic heterocycles. The third-order valence-corrected chi connectivity index (χ3v) is 3.44. The molecule has 0 amide bonds. The van der Waals surface area contributed by atoms with Gasteiger partial charge >= 0.3 is 0 Å². The SMILES string of the molecule is CCC(Br)Cc1cc(C)cc2ncnn12. The highest BCUT2D eigenvalue weighted by atomic mass is 79.9. The van der Waals surface area contributed by atoms with E-state index in [1.165, 1.54) is 11.3 Å². The summed E-state index contributed by atoms with van der Waals surface area (Å²) in [5, 5.41) is 4.23. The lowest BCUT2D eigenvalue weighted by Crippen LogP contribution is -2.07. The first-order chi connectivity index (χ1) is 7.20. The molecule has 0 saturated carbocycles. The Kier molecular flexibility index (Phi) is 3.05. The normalized spacial score (nSPS) is 13.3. The molecule has 0 spiro atoms. The number of hydrogen-bond acceptors (Lipinski definition) is 2. The maximum atomic E-state index is 4.23. The first-order valence-electron chi connectivity index (χ1n) is 5.14. The number of halogens is 1. The Balaban J connectivity index is 2.44. The average Bonchev–Trinajstić information content (AvgIpc) is 2.65. The van der Waals surface area contributed by atoms with E-state index in [0.29, 0.717) is 4.83 Å². The van der Waals surface area contributed by atoms with Crippen LogP contribution in [0.15, 0.2) is 18.5 Å². The van der Waals surface area contributed by atoms with E-state index >= 15 is 0 Å². The minimum absolute atomic E-state index is 0.506. The van der Waals surface area contributed by atoms with Crippen LogP contribution in [0.2, 0.25) is 0 Å². The van der Waals surface area contributed by atoms with Crippen LogP contribution in [0.25, 0.3) is 5.65 Å². The van der Waals surface area contributed by atoms with Gasteiger partial charge in [0.1, 0.15) is 6.33 Å². The lowest BCUT2D eigenvalue weighted by Gasteiger charge is -2.09. The van der Waals surface area contributed by atoms with Crippen LogP contribution in [0.4, 0.5) is 0 Å². The molecule has 2 heterocycles. The minimum Gasteiger partial charge on any atom is -0.218 e. The highest BCUT2D eigenvalue weighted by molar-refractivity contribution is 9.09. The molecule has 1 atom stereocenters. The summed E-state index contributed by atoms with van der Waals surface area (Å²) in [4.78, 5) is 4.72. The second-order valence-corrected chi connectivity index (χ2v) is 5.06. The van der Waals surface area contributed by atoms with Gasteiger partial charge in [-0.2, -0.15) is 5.10 Å². The second-order valence-electron chi connectivity index (χ2n) is 3.76. The smallest absolute Gasteiger partial charge is 0.155 e. The molecule has 0 fully saturated rings. The van der Waals surface area contributed by atoms with Crippen molar-refractivity contribution in [1.29, 1.82) is 0 Å². The molecule has 0 N–H and O–H groups in total. The number of aryl methyl sites for hydroxylation is 1. The van der Waals surface area contributed by atoms with E-state index in [1.54, 1.807) is 6.33 Å². The lowest BCUT2D eigenvalue weighted by atomic mass is 10.1. The van der Waals surface area contributed by atoms with E-state index in [4.69, 9.17) is 0 Å². The second kappa shape index (κ2) is 4.31. The molecule has 0 radical (unpaired) electrons. The van der Waals surface area contributed by atoms with Crippen molar-refractivity contribution >= 4 is 21.6 Å². The summed E-state index contributed by atoms with van der Waals surface area (Å²) in [6, 6.07) is 4.22. The Hall–Kier alpha value is -0.900. The third kappa shape index (κ3) is 2.20. The van der Waals surface area contributed by atoms with E-state index in [9.17, 15) is 0 Å². The van der Waals surface area contributed by atoms with Gasteiger partial charge < -0.3 is 0 Å². The van der Waals surface area contributed by atoms with Crippen LogP contribution in [0.3, 0.4) is 0 Å². The molecule has 0 aliphatic carbocycles. The van der Waals surface area contributed by atoms with Crippen molar-refractivity contribution in [2.24, 2.45) is 0 Å². The molecule has 0 saturated heterocycles. The first kappa shape index (κ1) is 10.6. The molecule has 0 aromatic carbocycles. The van der Waals surface area contributed by atoms with Crippen LogP contribution in [0.1, 0.15) is 24.6 Å². The van der Waals surface area contributed by atoms with Crippen LogP contribution in [-0.2, 0) is 6.42 Å². The van der Waals surface area contributed by atoms with Crippen LogP contribution in [0.5, 0.6) is 0 Å². The van der Waals surface area contributed by atoms with Crippen molar-refractivity contribution in [2.45, 2.75) is 31.5 Å². The zero-order valence-electron chi connectivity index (χ0n) is 8.94. The molecule has 80 valence electrons. The molecule has 2 rings (SSSR count). The molecule has 1 unspecified atom stereocenters. The summed E-state index contributed by atoms with van der Waals surface area (Å²) < 4.78 is 1.91. The Morgan fingerprint density at radius 1 is 1.47 bits per heavy atom. The Morgan fingerprint density at radius 2 is 2.27 bits per heavy atom. The van der Waals surface area contributed by atoms with Gasteiger partial charge in [0.2, 0.25) is 0 Å². The van der Waals surface area contributed by atoms with Gasteiger partial charge in [0.25, 0.3) is 0 Å². The van der Waals surface area contributed by atoms with Crippen molar-refractivity contribution in [3.63, 3.8) is 0 Å². The third-order valence-electron chi connectivity index (χ3n) is 2.47. The molecule has 3 nitrogen and oxygen atoms in total. The van der Waals surface area contributed by atoms with Gasteiger partial charge in [-0.15, -0.1) is 0 Å². The standard InChI is InChI=1S/C11H14BrN3/c1-3-9(12)6-10-4-8(2)5-11-13-7-14-15(10)11/h4-5,7,9H,3,6H2,1-2H3. The Morgan fingerprint density at radius 3 is 3.00 bits per heavy atom. The molecule has 0 aliphatic rings. The molecule has 0 aliphatic heterocycles. The first-order valence-corrected chi connectivity index (χ1v) is 6.05. The largest absolute Gasteiger partial charge is 0.218 e. The zero-order chi connectivity index (χ0) is 10.8. The maximum Gasteiger partial charge on any atom is 0.155 e. The van der Waals surface area contributed by atoms with Gasteiger partial charge in [-0.1, -0.05) is 22.9 Å². The van der Waals surface area contributed by atoms with Crippen molar-refractivity contribution in [3.8, 4) is 0 Å². The minimum atomic E-state index is 0.506. The van der Waals surface area contributed by atoms with Crippen LogP contribution in [-0.4, -0.2) is 19.4 Å². The molecule has 0 bridgehead atoms. The zero-order valence-corrected chi connectivity index (χ0v) is 10.5. The number of fused-ring (bicyclic) bond motifs is 1. The van der Waals surface area contributed by atoms with E-state index in [0.717, 1.165) is 18.5 Å². The van der Waals surface area contributed by atoms with Gasteiger partial charge in [-0.25, -0.2) is 9.50 Å². The fourth-order valence-electron chi connectivity index (χ4n) is 1.66. The predicted octanol–water partition coefficient (Wildman–Crippen LogP) is 2.75. The molecular formula is C11H14BrN3. The van der Waals surface area contributed by atoms with Gasteiger partial charge in [-0.05, 0) is 31.0 Å². The van der Waals surface area contributed by atoms with Gasteiger partial charge in [0, 0.05) is 16.9 Å². The topological polar surface area (TPSA) is 30.2 Å². The van der Waals surface area contributed by atoms with Crippen LogP contribution < -0.4 is 0 Å². The summed E-state index contributed by atoms with van der Waals surface area (Å²) in [6.07, 6.45) is 3.70. The summed E-state index contributed by atoms with van der Waals surface area (Å²) in [7, 11) is 0. The molecule has 2 aromatic rings. The number of aromatic nitrogens is 3. The van der Waals surface area contributed by atoms with Gasteiger partial charge in [0.05, 0.1) is 0 Å². The molecule has 15 heavy (non-hydrogen) atoms. The summed E-state index contributed by atoms with van der Waals surface area (Å²) in [5.74, 6) is 0. The van der Waals surface area contributed by atoms with E-state index < -0.39 is 0 Å². The number of nitrogens with zero attached hydrogens (tertiary/aromatic N) is 3. The maximum absolute atomic E-state index is 4.23. The number of alkyl halides is 1. The van der Waals surface area contributed by atoms with Crippen LogP contribution >= 0.6 is 15.9 Å². The Bertz CT molecular complexity index is 464. The van der Waals surface area contributed by atoms with Gasteiger partial charge in [0.15, 0.2) is 5.65 Å². The molecule has 4 heteroatoms. The van der Waals surface area contributed by atoms with Crippen LogP contribution in [0, 0.1) is 6.92 Å². The predicted molar refractivity (Wildman–Crippen MR) is 64.4 cm³/mol. The fourth-order valence-corrected chi connectivity index (χ4v) is 1.99. The number of hydrogen-bond donors (Lipinski definition) is 0. The number of pyridine rings is 1. The summed E-state index contributed by atoms with van der Waals surface area (Å²) >= 11 is 3.65. The van der Waals surface area contributed by atoms with Crippen molar-refractivity contribution in [2.75, 3.05) is 0 Å². The van der Waals surface area contributed by atoms with E-state index in [-0.39, 0.29) is 0 Å². The van der Waals surface area contributed by atoms with Gasteiger partial charge in [-0.3, -0.25) is 0 Å². The van der Waals surface area contributed by atoms with Crippen molar-refractivity contribution in [1.82, 2.24) is 14.6 Å². The average molecular weight is 268 g/mol. The van der Waals surface area contributed by atoms with Crippen molar-refractivity contribution in [3.05, 3.63) is 29.7 Å². The molecular weight excluding hydrogens is 254 g/mol. The fraction of sp³-hybridized carbons (Fsp3) is 0.455. The summed E-state index contributed by atoms with van der Waals surface area (Å²) in [6.45, 7) is 4.26. The lowest BCUT2D eigenvalue weighted by molar-refractivity contribution is 0.767. The van der Waals surface area contributed by atoms with Crippen molar-refractivity contribution < 1.29 is 0 Å². The Labute approximate surface area is 97.6 Å². The quantitative estimate of drug-likeness (QED) is 0.801. The van der Waals surface area contributed by atoms with E-state index in [2.05, 4.69) is 45.9 Å². The summed E-state index contributed by atoms with van der Waals surface area (Å²) in [5.41, 5.74) is 3.38. The monoisotopic (exact) mass is 267 g/mol. The van der Waals surface area contributed by atoms with E-state index in [1.807, 2.05) is 10.6 Å². The highest BCUT2D eigenvalue weighted by Gasteiger charge is 2.08. The number of rotatable bonds is 3.